The van der Waals surface area contributed by atoms with Gasteiger partial charge in [-0.2, -0.15) is 0 Å². The molecule has 4 rings (SSSR count). The van der Waals surface area contributed by atoms with Gasteiger partial charge >= 0.3 is 5.97 Å². The van der Waals surface area contributed by atoms with Crippen molar-refractivity contribution >= 4 is 28.9 Å². The van der Waals surface area contributed by atoms with E-state index in [1.165, 1.54) is 0 Å². The Morgan fingerprint density at radius 2 is 1.90 bits per heavy atom. The Morgan fingerprint density at radius 1 is 1.13 bits per heavy atom. The summed E-state index contributed by atoms with van der Waals surface area (Å²) in [7, 11) is 3.28. The zero-order valence-corrected chi connectivity index (χ0v) is 24.0. The van der Waals surface area contributed by atoms with E-state index in [-0.39, 0.29) is 36.5 Å². The van der Waals surface area contributed by atoms with Crippen molar-refractivity contribution in [1.29, 1.82) is 0 Å². The van der Waals surface area contributed by atoms with Crippen molar-refractivity contribution in [2.75, 3.05) is 56.9 Å². The standard InChI is InChI=1S/C29H40ClN3O6/c1-19-17-32(25-14-28(37-4)31-16-23(25)30)11-10-26(19)39-22-8-6-21(7-9-22)33-18-27(38-13-5-12-36-3)20(2)24(33)15-29(34)35/h6-9,14,16,19-20,24,26-27H,5,10-13,15,17-18H2,1-4H3,(H,34,35)/t19-,20+,24+,26-,27+/m1/s1. The fraction of sp³-hybridized carbons (Fsp3) is 0.586. The van der Waals surface area contributed by atoms with Gasteiger partial charge in [0, 0.05) is 76.0 Å². The van der Waals surface area contributed by atoms with Gasteiger partial charge in [0.15, 0.2) is 0 Å². The lowest BCUT2D eigenvalue weighted by atomic mass is 9.96. The summed E-state index contributed by atoms with van der Waals surface area (Å²) in [6.07, 6.45) is 3.42. The van der Waals surface area contributed by atoms with Crippen molar-refractivity contribution in [3.8, 4) is 11.6 Å². The number of aliphatic carboxylic acids is 1. The van der Waals surface area contributed by atoms with Gasteiger partial charge < -0.3 is 33.9 Å². The number of nitrogens with zero attached hydrogens (tertiary/aromatic N) is 3. The summed E-state index contributed by atoms with van der Waals surface area (Å²) in [5.74, 6) is 0.928. The van der Waals surface area contributed by atoms with Crippen molar-refractivity contribution in [3.05, 3.63) is 41.6 Å². The van der Waals surface area contributed by atoms with Gasteiger partial charge in [-0.3, -0.25) is 4.79 Å². The highest BCUT2D eigenvalue weighted by atomic mass is 35.5. The molecule has 5 atom stereocenters. The van der Waals surface area contributed by atoms with Gasteiger partial charge in [0.1, 0.15) is 11.9 Å². The van der Waals surface area contributed by atoms with Crippen LogP contribution in [0.3, 0.4) is 0 Å². The second kappa shape index (κ2) is 13.5. The molecule has 2 aliphatic rings. The predicted octanol–water partition coefficient (Wildman–Crippen LogP) is 4.76. The molecule has 10 heteroatoms. The lowest BCUT2D eigenvalue weighted by molar-refractivity contribution is -0.137. The Hall–Kier alpha value is -2.75. The molecule has 9 nitrogen and oxygen atoms in total. The van der Waals surface area contributed by atoms with Crippen LogP contribution in [0.4, 0.5) is 11.4 Å². The summed E-state index contributed by atoms with van der Waals surface area (Å²) in [4.78, 5) is 20.2. The fourth-order valence-corrected chi connectivity index (χ4v) is 5.84. The van der Waals surface area contributed by atoms with Gasteiger partial charge in [-0.15, -0.1) is 0 Å². The minimum Gasteiger partial charge on any atom is -0.490 e. The first-order valence-electron chi connectivity index (χ1n) is 13.6. The predicted molar refractivity (Wildman–Crippen MR) is 151 cm³/mol. The molecular formula is C29H40ClN3O6. The van der Waals surface area contributed by atoms with Gasteiger partial charge in [0.25, 0.3) is 0 Å². The molecule has 0 radical (unpaired) electrons. The van der Waals surface area contributed by atoms with Gasteiger partial charge in [-0.1, -0.05) is 25.4 Å². The number of carbonyl (C=O) groups is 1. The Bertz CT molecular complexity index is 1090. The van der Waals surface area contributed by atoms with E-state index < -0.39 is 5.97 Å². The quantitative estimate of drug-likeness (QED) is 0.368. The van der Waals surface area contributed by atoms with Crippen LogP contribution in [0.1, 0.15) is 33.1 Å². The van der Waals surface area contributed by atoms with Crippen LogP contribution in [0.2, 0.25) is 5.02 Å². The van der Waals surface area contributed by atoms with Crippen molar-refractivity contribution in [2.45, 2.75) is 51.4 Å². The molecule has 39 heavy (non-hydrogen) atoms. The van der Waals surface area contributed by atoms with E-state index >= 15 is 0 Å². The molecular weight excluding hydrogens is 522 g/mol. The van der Waals surface area contributed by atoms with E-state index in [4.69, 9.17) is 30.5 Å². The van der Waals surface area contributed by atoms with Crippen molar-refractivity contribution in [2.24, 2.45) is 11.8 Å². The van der Waals surface area contributed by atoms with Crippen molar-refractivity contribution in [1.82, 2.24) is 4.98 Å². The van der Waals surface area contributed by atoms with Gasteiger partial charge in [0.2, 0.25) is 5.88 Å². The van der Waals surface area contributed by atoms with Gasteiger partial charge in [-0.25, -0.2) is 4.98 Å². The summed E-state index contributed by atoms with van der Waals surface area (Å²) >= 11 is 6.42. The number of benzene rings is 1. The molecule has 0 bridgehead atoms. The maximum absolute atomic E-state index is 11.6. The van der Waals surface area contributed by atoms with E-state index in [0.717, 1.165) is 43.1 Å². The number of pyridine rings is 1. The van der Waals surface area contributed by atoms with E-state index in [9.17, 15) is 9.90 Å². The second-order valence-electron chi connectivity index (χ2n) is 10.5. The molecule has 0 unspecified atom stereocenters. The maximum atomic E-state index is 11.6. The third-order valence-electron chi connectivity index (χ3n) is 7.82. The summed E-state index contributed by atoms with van der Waals surface area (Å²) in [5, 5.41) is 10.2. The first-order valence-corrected chi connectivity index (χ1v) is 14.0. The monoisotopic (exact) mass is 561 g/mol. The van der Waals surface area contributed by atoms with E-state index in [1.807, 2.05) is 30.3 Å². The molecule has 0 saturated carbocycles. The molecule has 1 aromatic carbocycles. The van der Waals surface area contributed by atoms with Crippen LogP contribution in [-0.2, 0) is 14.3 Å². The van der Waals surface area contributed by atoms with Gasteiger partial charge in [-0.05, 0) is 30.7 Å². The first kappa shape index (κ1) is 29.2. The molecule has 2 aliphatic heterocycles. The normalized spacial score (nSPS) is 25.1. The van der Waals surface area contributed by atoms with Crippen LogP contribution >= 0.6 is 11.6 Å². The SMILES string of the molecule is COCCCO[C@H]1CN(c2ccc(O[C@@H]3CCN(c4cc(OC)ncc4Cl)C[C@H]3C)cc2)[C@@H](CC(=O)O)[C@@H]1C. The number of hydrogen-bond acceptors (Lipinski definition) is 8. The maximum Gasteiger partial charge on any atom is 0.305 e. The minimum absolute atomic E-state index is 0.0259. The number of carboxylic acids is 1. The number of halogens is 1. The molecule has 2 saturated heterocycles. The third-order valence-corrected chi connectivity index (χ3v) is 8.11. The average Bonchev–Trinajstić information content (AvgIpc) is 3.22. The number of carboxylic acid groups (broad SMARTS) is 1. The van der Waals surface area contributed by atoms with E-state index in [1.54, 1.807) is 20.4 Å². The van der Waals surface area contributed by atoms with E-state index in [2.05, 4.69) is 28.6 Å². The summed E-state index contributed by atoms with van der Waals surface area (Å²) in [6.45, 7) is 7.79. The molecule has 0 spiro atoms. The minimum atomic E-state index is -0.802. The van der Waals surface area contributed by atoms with E-state index in [0.29, 0.717) is 30.7 Å². The average molecular weight is 562 g/mol. The van der Waals surface area contributed by atoms with Crippen LogP contribution < -0.4 is 19.3 Å². The topological polar surface area (TPSA) is 93.6 Å². The zero-order chi connectivity index (χ0) is 27.9. The molecule has 2 aromatic rings. The lowest BCUT2D eigenvalue weighted by Gasteiger charge is -2.38. The summed E-state index contributed by atoms with van der Waals surface area (Å²) < 4.78 is 22.9. The Labute approximate surface area is 235 Å². The Balaban J connectivity index is 1.37. The second-order valence-corrected chi connectivity index (χ2v) is 10.9. The number of piperidine rings is 1. The first-order chi connectivity index (χ1) is 18.8. The van der Waals surface area contributed by atoms with Crippen molar-refractivity contribution in [3.63, 3.8) is 0 Å². The number of rotatable bonds is 12. The molecule has 0 aliphatic carbocycles. The van der Waals surface area contributed by atoms with Crippen LogP contribution in [0.5, 0.6) is 11.6 Å². The number of aromatic nitrogens is 1. The Morgan fingerprint density at radius 3 is 2.56 bits per heavy atom. The van der Waals surface area contributed by atoms with Gasteiger partial charge in [0.05, 0.1) is 36.5 Å². The van der Waals surface area contributed by atoms with Crippen LogP contribution in [0, 0.1) is 11.8 Å². The smallest absolute Gasteiger partial charge is 0.305 e. The fourth-order valence-electron chi connectivity index (χ4n) is 5.61. The largest absolute Gasteiger partial charge is 0.490 e. The molecule has 1 N–H and O–H groups in total. The highest BCUT2D eigenvalue weighted by Crippen LogP contribution is 2.36. The van der Waals surface area contributed by atoms with Crippen LogP contribution in [0.15, 0.2) is 36.5 Å². The molecule has 0 amide bonds. The summed E-state index contributed by atoms with van der Waals surface area (Å²) in [6, 6.07) is 9.74. The van der Waals surface area contributed by atoms with Crippen LogP contribution in [0.25, 0.3) is 0 Å². The number of hydrogen-bond donors (Lipinski definition) is 1. The third kappa shape index (κ3) is 7.26. The highest BCUT2D eigenvalue weighted by molar-refractivity contribution is 6.33. The lowest BCUT2D eigenvalue weighted by Crippen LogP contribution is -2.44. The number of methoxy groups -OCH3 is 2. The molecule has 3 heterocycles. The zero-order valence-electron chi connectivity index (χ0n) is 23.2. The highest BCUT2D eigenvalue weighted by Gasteiger charge is 2.41. The number of ether oxygens (including phenoxy) is 4. The molecule has 214 valence electrons. The van der Waals surface area contributed by atoms with Crippen molar-refractivity contribution < 1.29 is 28.8 Å². The molecule has 2 fully saturated rings. The summed E-state index contributed by atoms with van der Waals surface area (Å²) in [5.41, 5.74) is 1.91. The van der Waals surface area contributed by atoms with Crippen LogP contribution in [-0.4, -0.2) is 81.4 Å². The number of anilines is 2. The Kier molecular flexibility index (Phi) is 10.2. The molecule has 1 aromatic heterocycles.